The summed E-state index contributed by atoms with van der Waals surface area (Å²) in [6.45, 7) is 6.16. The molecule has 29 heavy (non-hydrogen) atoms. The highest BCUT2D eigenvalue weighted by atomic mass is 16.6. The van der Waals surface area contributed by atoms with Crippen molar-refractivity contribution >= 4 is 17.7 Å². The van der Waals surface area contributed by atoms with E-state index in [1.54, 1.807) is 0 Å². The Kier molecular flexibility index (Phi) is 4.95. The first kappa shape index (κ1) is 19.6. The molecular formula is C24H28N2O3. The van der Waals surface area contributed by atoms with Gasteiger partial charge in [0.05, 0.1) is 5.69 Å². The Morgan fingerprint density at radius 3 is 2.69 bits per heavy atom. The zero-order chi connectivity index (χ0) is 20.8. The summed E-state index contributed by atoms with van der Waals surface area (Å²) in [5, 5.41) is 11.1. The van der Waals surface area contributed by atoms with Gasteiger partial charge in [0, 0.05) is 23.4 Å². The minimum atomic E-state index is -1.38. The van der Waals surface area contributed by atoms with E-state index in [1.807, 2.05) is 55.6 Å². The monoisotopic (exact) mass is 392 g/mol. The number of nitrogens with two attached hydrogens (primary N) is 1. The second-order valence-electron chi connectivity index (χ2n) is 8.63. The Morgan fingerprint density at radius 2 is 2.00 bits per heavy atom. The largest absolute Gasteiger partial charge is 0.460 e. The SMILES string of the molecule is CC1[C@@H](C)C[C@@]2(O)C(=O)O[C@H](C)[C@H]2[C@H]1/C=C/c1ccc(-c2cccc(N)c2)cn1. The molecule has 1 unspecified atom stereocenters. The summed E-state index contributed by atoms with van der Waals surface area (Å²) >= 11 is 0. The lowest BCUT2D eigenvalue weighted by atomic mass is 9.60. The van der Waals surface area contributed by atoms with Crippen molar-refractivity contribution < 1.29 is 14.6 Å². The molecule has 0 amide bonds. The Morgan fingerprint density at radius 1 is 1.21 bits per heavy atom. The van der Waals surface area contributed by atoms with Crippen LogP contribution in [0, 0.1) is 23.7 Å². The Bertz CT molecular complexity index is 939. The number of esters is 1. The average Bonchev–Trinajstić information content (AvgIpc) is 2.91. The van der Waals surface area contributed by atoms with Crippen molar-refractivity contribution in [2.45, 2.75) is 38.9 Å². The number of fused-ring (bicyclic) bond motifs is 1. The molecule has 2 aliphatic rings. The summed E-state index contributed by atoms with van der Waals surface area (Å²) in [5.74, 6) is -0.107. The summed E-state index contributed by atoms with van der Waals surface area (Å²) in [5.41, 5.74) is 8.08. The zero-order valence-electron chi connectivity index (χ0n) is 17.1. The lowest BCUT2D eigenvalue weighted by Gasteiger charge is -2.44. The number of rotatable bonds is 3. The zero-order valence-corrected chi connectivity index (χ0v) is 17.1. The van der Waals surface area contributed by atoms with Crippen LogP contribution in [0.15, 0.2) is 48.7 Å². The van der Waals surface area contributed by atoms with Gasteiger partial charge in [0.1, 0.15) is 6.10 Å². The van der Waals surface area contributed by atoms with Crippen LogP contribution in [0.25, 0.3) is 17.2 Å². The number of nitrogens with zero attached hydrogens (tertiary/aromatic N) is 1. The topological polar surface area (TPSA) is 85.4 Å². The van der Waals surface area contributed by atoms with Gasteiger partial charge in [0.15, 0.2) is 5.60 Å². The molecule has 5 heteroatoms. The number of aromatic nitrogens is 1. The van der Waals surface area contributed by atoms with Crippen molar-refractivity contribution in [2.75, 3.05) is 5.73 Å². The summed E-state index contributed by atoms with van der Waals surface area (Å²) in [6.07, 6.45) is 6.08. The van der Waals surface area contributed by atoms with E-state index in [0.717, 1.165) is 22.5 Å². The molecule has 2 heterocycles. The average molecular weight is 392 g/mol. The first-order chi connectivity index (χ1) is 13.8. The van der Waals surface area contributed by atoms with Gasteiger partial charge in [-0.05, 0) is 60.9 Å². The number of hydrogen-bond donors (Lipinski definition) is 2. The fourth-order valence-electron chi connectivity index (χ4n) is 5.00. The Labute approximate surface area is 171 Å². The number of ether oxygens (including phenoxy) is 1. The van der Waals surface area contributed by atoms with Crippen LogP contribution in [-0.2, 0) is 9.53 Å². The highest BCUT2D eigenvalue weighted by molar-refractivity contribution is 5.82. The molecule has 1 aliphatic heterocycles. The number of aliphatic hydroxyl groups is 1. The van der Waals surface area contributed by atoms with Gasteiger partial charge >= 0.3 is 5.97 Å². The number of carbonyl (C=O) groups excluding carboxylic acids is 1. The molecule has 2 aromatic rings. The summed E-state index contributed by atoms with van der Waals surface area (Å²) in [6, 6.07) is 11.7. The van der Waals surface area contributed by atoms with E-state index in [4.69, 9.17) is 10.5 Å². The fraction of sp³-hybridized carbons (Fsp3) is 0.417. The lowest BCUT2D eigenvalue weighted by molar-refractivity contribution is -0.160. The molecule has 2 fully saturated rings. The maximum absolute atomic E-state index is 12.3. The van der Waals surface area contributed by atoms with Gasteiger partial charge in [-0.3, -0.25) is 4.98 Å². The number of benzene rings is 1. The molecule has 4 rings (SSSR count). The van der Waals surface area contributed by atoms with E-state index in [1.165, 1.54) is 0 Å². The second-order valence-corrected chi connectivity index (χ2v) is 8.63. The minimum Gasteiger partial charge on any atom is -0.460 e. The van der Waals surface area contributed by atoms with Crippen LogP contribution in [-0.4, -0.2) is 27.8 Å². The number of cyclic esters (lactones) is 1. The highest BCUT2D eigenvalue weighted by Crippen LogP contribution is 2.51. The van der Waals surface area contributed by atoms with Crippen LogP contribution >= 0.6 is 0 Å². The first-order valence-electron chi connectivity index (χ1n) is 10.2. The highest BCUT2D eigenvalue weighted by Gasteiger charge is 2.61. The molecular weight excluding hydrogens is 364 g/mol. The van der Waals surface area contributed by atoms with E-state index >= 15 is 0 Å². The van der Waals surface area contributed by atoms with E-state index in [2.05, 4.69) is 24.9 Å². The maximum Gasteiger partial charge on any atom is 0.338 e. The third kappa shape index (κ3) is 3.44. The van der Waals surface area contributed by atoms with Crippen LogP contribution in [0.4, 0.5) is 5.69 Å². The minimum absolute atomic E-state index is 0.0422. The van der Waals surface area contributed by atoms with E-state index < -0.39 is 11.6 Å². The van der Waals surface area contributed by atoms with Gasteiger partial charge in [-0.2, -0.15) is 0 Å². The fourth-order valence-corrected chi connectivity index (χ4v) is 5.00. The van der Waals surface area contributed by atoms with Gasteiger partial charge < -0.3 is 15.6 Å². The van der Waals surface area contributed by atoms with Gasteiger partial charge in [0.2, 0.25) is 0 Å². The number of hydrogen-bond acceptors (Lipinski definition) is 5. The lowest BCUT2D eigenvalue weighted by Crippen LogP contribution is -2.52. The number of nitrogen functional groups attached to an aromatic ring is 1. The van der Waals surface area contributed by atoms with E-state index in [-0.39, 0.29) is 23.9 Å². The molecule has 0 bridgehead atoms. The Balaban J connectivity index is 1.58. The molecule has 1 aliphatic carbocycles. The van der Waals surface area contributed by atoms with Crippen LogP contribution < -0.4 is 5.73 Å². The van der Waals surface area contributed by atoms with Crippen molar-refractivity contribution in [3.05, 3.63) is 54.4 Å². The van der Waals surface area contributed by atoms with Crippen molar-refractivity contribution in [2.24, 2.45) is 23.7 Å². The number of anilines is 1. The molecule has 152 valence electrons. The predicted molar refractivity (Wildman–Crippen MR) is 114 cm³/mol. The third-order valence-electron chi connectivity index (χ3n) is 6.75. The normalized spacial score (nSPS) is 34.2. The third-order valence-corrected chi connectivity index (χ3v) is 6.75. The molecule has 3 N–H and O–H groups in total. The molecule has 1 saturated carbocycles. The first-order valence-corrected chi connectivity index (χ1v) is 10.2. The van der Waals surface area contributed by atoms with Gasteiger partial charge in [0.25, 0.3) is 0 Å². The van der Waals surface area contributed by atoms with Crippen LogP contribution in [0.1, 0.15) is 32.9 Å². The number of carbonyl (C=O) groups is 1. The van der Waals surface area contributed by atoms with E-state index in [0.29, 0.717) is 12.3 Å². The smallest absolute Gasteiger partial charge is 0.338 e. The molecule has 1 aromatic heterocycles. The number of pyridine rings is 1. The molecule has 1 aromatic carbocycles. The molecule has 1 saturated heterocycles. The molecule has 6 atom stereocenters. The van der Waals surface area contributed by atoms with Crippen molar-refractivity contribution in [1.82, 2.24) is 4.98 Å². The maximum atomic E-state index is 12.3. The molecule has 0 radical (unpaired) electrons. The van der Waals surface area contributed by atoms with Gasteiger partial charge in [-0.25, -0.2) is 4.79 Å². The van der Waals surface area contributed by atoms with Crippen molar-refractivity contribution in [3.8, 4) is 11.1 Å². The quantitative estimate of drug-likeness (QED) is 0.611. The van der Waals surface area contributed by atoms with E-state index in [9.17, 15) is 9.90 Å². The van der Waals surface area contributed by atoms with Crippen LogP contribution in [0.2, 0.25) is 0 Å². The summed E-state index contributed by atoms with van der Waals surface area (Å²) in [4.78, 5) is 16.9. The predicted octanol–water partition coefficient (Wildman–Crippen LogP) is 3.93. The second kappa shape index (κ2) is 7.30. The Hall–Kier alpha value is -2.66. The standard InChI is InChI=1S/C24H28N2O3/c1-14-12-24(28)22(16(3)29-23(24)27)21(15(14)2)10-9-20-8-7-18(13-26-20)17-5-4-6-19(25)11-17/h4-11,13-16,21-22,28H,12,25H2,1-3H3/b10-9+/t14-,15?,16+,21-,22-,24-/m0/s1. The van der Waals surface area contributed by atoms with Gasteiger partial charge in [-0.1, -0.05) is 38.1 Å². The number of allylic oxidation sites excluding steroid dienone is 1. The van der Waals surface area contributed by atoms with Crippen molar-refractivity contribution in [3.63, 3.8) is 0 Å². The molecule has 5 nitrogen and oxygen atoms in total. The van der Waals surface area contributed by atoms with Crippen LogP contribution in [0.3, 0.4) is 0 Å². The van der Waals surface area contributed by atoms with Crippen molar-refractivity contribution in [1.29, 1.82) is 0 Å². The van der Waals surface area contributed by atoms with Crippen LogP contribution in [0.5, 0.6) is 0 Å². The van der Waals surface area contributed by atoms with Gasteiger partial charge in [-0.15, -0.1) is 0 Å². The summed E-state index contributed by atoms with van der Waals surface area (Å²) in [7, 11) is 0. The molecule has 0 spiro atoms. The summed E-state index contributed by atoms with van der Waals surface area (Å²) < 4.78 is 5.42.